The fourth-order valence-electron chi connectivity index (χ4n) is 2.78. The van der Waals surface area contributed by atoms with Crippen LogP contribution in [-0.2, 0) is 16.0 Å². The zero-order chi connectivity index (χ0) is 17.9. The van der Waals surface area contributed by atoms with Crippen LogP contribution in [0, 0.1) is 11.2 Å². The summed E-state index contributed by atoms with van der Waals surface area (Å²) in [7, 11) is 1.69. The number of para-hydroxylation sites is 1. The van der Waals surface area contributed by atoms with Gasteiger partial charge in [0.15, 0.2) is 0 Å². The third-order valence-corrected chi connectivity index (χ3v) is 4.55. The van der Waals surface area contributed by atoms with Crippen molar-refractivity contribution in [2.75, 3.05) is 18.9 Å². The number of nitrogens with zero attached hydrogens (tertiary/aromatic N) is 2. The fraction of sp³-hybridized carbons (Fsp3) is 0.316. The van der Waals surface area contributed by atoms with Gasteiger partial charge in [0.25, 0.3) is 0 Å². The zero-order valence-corrected chi connectivity index (χ0v) is 14.0. The Balaban J connectivity index is 1.62. The lowest BCUT2D eigenvalue weighted by molar-refractivity contribution is -0.141. The third kappa shape index (κ3) is 3.68. The minimum atomic E-state index is -1.06. The molecule has 3 rings (SSSR count). The summed E-state index contributed by atoms with van der Waals surface area (Å²) in [6.45, 7) is 0.511. The number of aromatic nitrogens is 1. The van der Waals surface area contributed by atoms with Gasteiger partial charge in [0.05, 0.1) is 5.69 Å². The largest absolute Gasteiger partial charge is 0.344 e. The summed E-state index contributed by atoms with van der Waals surface area (Å²) in [5.74, 6) is -1.15. The molecule has 0 radical (unpaired) electrons. The second-order valence-corrected chi connectivity index (χ2v) is 6.35. The van der Waals surface area contributed by atoms with E-state index in [0.29, 0.717) is 25.8 Å². The van der Waals surface area contributed by atoms with E-state index in [9.17, 15) is 14.0 Å². The van der Waals surface area contributed by atoms with Gasteiger partial charge in [-0.05, 0) is 49.1 Å². The number of benzene rings is 1. The topological polar surface area (TPSA) is 62.3 Å². The van der Waals surface area contributed by atoms with Crippen molar-refractivity contribution in [3.05, 3.63) is 60.2 Å². The Morgan fingerprint density at radius 1 is 1.20 bits per heavy atom. The molecule has 1 saturated carbocycles. The molecule has 2 amide bonds. The summed E-state index contributed by atoms with van der Waals surface area (Å²) in [5, 5.41) is 2.55. The number of carbonyl (C=O) groups excluding carboxylic acids is 2. The van der Waals surface area contributed by atoms with Crippen LogP contribution >= 0.6 is 0 Å². The molecule has 0 saturated heterocycles. The van der Waals surface area contributed by atoms with Crippen LogP contribution in [0.15, 0.2) is 48.8 Å². The van der Waals surface area contributed by atoms with Crippen LogP contribution in [-0.4, -0.2) is 35.3 Å². The number of halogens is 1. The van der Waals surface area contributed by atoms with E-state index in [1.807, 2.05) is 12.1 Å². The zero-order valence-electron chi connectivity index (χ0n) is 14.0. The van der Waals surface area contributed by atoms with E-state index in [0.717, 1.165) is 5.56 Å². The van der Waals surface area contributed by atoms with Crippen LogP contribution in [0.4, 0.5) is 10.1 Å². The first-order valence-electron chi connectivity index (χ1n) is 8.23. The molecule has 1 aromatic heterocycles. The van der Waals surface area contributed by atoms with Gasteiger partial charge in [-0.3, -0.25) is 14.6 Å². The number of likely N-dealkylation sites (N-methyl/N-ethyl adjacent to an activating group) is 1. The average Bonchev–Trinajstić information content (AvgIpc) is 3.44. The van der Waals surface area contributed by atoms with Crippen molar-refractivity contribution >= 4 is 17.5 Å². The van der Waals surface area contributed by atoms with Crippen LogP contribution in [0.25, 0.3) is 0 Å². The van der Waals surface area contributed by atoms with Gasteiger partial charge >= 0.3 is 0 Å². The van der Waals surface area contributed by atoms with Crippen molar-refractivity contribution in [2.45, 2.75) is 19.3 Å². The van der Waals surface area contributed by atoms with Crippen LogP contribution < -0.4 is 5.32 Å². The molecule has 5 nitrogen and oxygen atoms in total. The highest BCUT2D eigenvalue weighted by molar-refractivity contribution is 6.13. The first-order valence-corrected chi connectivity index (χ1v) is 8.23. The predicted octanol–water partition coefficient (Wildman–Crippen LogP) is 2.64. The Morgan fingerprint density at radius 3 is 2.52 bits per heavy atom. The van der Waals surface area contributed by atoms with Crippen LogP contribution in [0.1, 0.15) is 18.4 Å². The molecule has 1 fully saturated rings. The summed E-state index contributed by atoms with van der Waals surface area (Å²) in [6, 6.07) is 9.75. The van der Waals surface area contributed by atoms with Gasteiger partial charge in [-0.2, -0.15) is 0 Å². The third-order valence-electron chi connectivity index (χ3n) is 4.55. The summed E-state index contributed by atoms with van der Waals surface area (Å²) < 4.78 is 13.7. The first kappa shape index (κ1) is 17.1. The van der Waals surface area contributed by atoms with E-state index in [-0.39, 0.29) is 11.6 Å². The van der Waals surface area contributed by atoms with Crippen molar-refractivity contribution in [1.82, 2.24) is 9.88 Å². The van der Waals surface area contributed by atoms with Gasteiger partial charge in [0.2, 0.25) is 11.8 Å². The van der Waals surface area contributed by atoms with Crippen molar-refractivity contribution in [3.8, 4) is 0 Å². The van der Waals surface area contributed by atoms with Crippen LogP contribution in [0.5, 0.6) is 0 Å². The molecule has 0 aliphatic heterocycles. The molecule has 2 aromatic rings. The lowest BCUT2D eigenvalue weighted by Gasteiger charge is -2.23. The number of anilines is 1. The molecule has 1 aliphatic rings. The molecule has 0 atom stereocenters. The molecule has 0 bridgehead atoms. The molecular formula is C19H20FN3O2. The first-order chi connectivity index (χ1) is 12.0. The molecule has 1 heterocycles. The monoisotopic (exact) mass is 341 g/mol. The lowest BCUT2D eigenvalue weighted by Crippen LogP contribution is -2.42. The summed E-state index contributed by atoms with van der Waals surface area (Å²) in [4.78, 5) is 30.8. The Bertz CT molecular complexity index is 775. The van der Waals surface area contributed by atoms with E-state index in [1.54, 1.807) is 36.5 Å². The van der Waals surface area contributed by atoms with E-state index in [1.165, 1.54) is 12.1 Å². The number of nitrogens with one attached hydrogen (secondary N) is 1. The number of pyridine rings is 1. The number of carbonyl (C=O) groups is 2. The van der Waals surface area contributed by atoms with Gasteiger partial charge in [-0.15, -0.1) is 0 Å². The number of hydrogen-bond acceptors (Lipinski definition) is 3. The van der Waals surface area contributed by atoms with E-state index in [4.69, 9.17) is 0 Å². The highest BCUT2D eigenvalue weighted by Crippen LogP contribution is 2.48. The highest BCUT2D eigenvalue weighted by Gasteiger charge is 2.57. The minimum absolute atomic E-state index is 0.103. The molecule has 0 unspecified atom stereocenters. The Hall–Kier alpha value is -2.76. The van der Waals surface area contributed by atoms with Gasteiger partial charge in [-0.1, -0.05) is 12.1 Å². The summed E-state index contributed by atoms with van der Waals surface area (Å²) in [6.07, 6.45) is 5.09. The highest BCUT2D eigenvalue weighted by atomic mass is 19.1. The Kier molecular flexibility index (Phi) is 4.79. The van der Waals surface area contributed by atoms with Crippen LogP contribution in [0.2, 0.25) is 0 Å². The molecule has 6 heteroatoms. The van der Waals surface area contributed by atoms with Gasteiger partial charge < -0.3 is 10.2 Å². The lowest BCUT2D eigenvalue weighted by atomic mass is 10.0. The smallest absolute Gasteiger partial charge is 0.240 e. The fourth-order valence-corrected chi connectivity index (χ4v) is 2.78. The molecule has 1 N–H and O–H groups in total. The number of rotatable bonds is 6. The van der Waals surface area contributed by atoms with Gasteiger partial charge in [-0.25, -0.2) is 4.39 Å². The second-order valence-electron chi connectivity index (χ2n) is 6.35. The Labute approximate surface area is 145 Å². The maximum atomic E-state index is 13.7. The summed E-state index contributed by atoms with van der Waals surface area (Å²) in [5.41, 5.74) is 0.122. The maximum absolute atomic E-state index is 13.7. The predicted molar refractivity (Wildman–Crippen MR) is 92.3 cm³/mol. The summed E-state index contributed by atoms with van der Waals surface area (Å²) >= 11 is 0. The quantitative estimate of drug-likeness (QED) is 0.822. The Morgan fingerprint density at radius 2 is 1.88 bits per heavy atom. The van der Waals surface area contributed by atoms with Gasteiger partial charge in [0.1, 0.15) is 11.2 Å². The van der Waals surface area contributed by atoms with Crippen molar-refractivity contribution in [1.29, 1.82) is 0 Å². The SMILES string of the molecule is CN(CCc1ccncc1)C(=O)C1(C(=O)Nc2ccccc2F)CC1. The number of amides is 2. The van der Waals surface area contributed by atoms with Crippen molar-refractivity contribution in [3.63, 3.8) is 0 Å². The molecule has 1 aromatic carbocycles. The number of hydrogen-bond donors (Lipinski definition) is 1. The molecule has 25 heavy (non-hydrogen) atoms. The van der Waals surface area contributed by atoms with Crippen molar-refractivity contribution < 1.29 is 14.0 Å². The molecular weight excluding hydrogens is 321 g/mol. The van der Waals surface area contributed by atoms with Crippen molar-refractivity contribution in [2.24, 2.45) is 5.41 Å². The average molecular weight is 341 g/mol. The molecule has 130 valence electrons. The van der Waals surface area contributed by atoms with Gasteiger partial charge in [0, 0.05) is 26.0 Å². The van der Waals surface area contributed by atoms with E-state index < -0.39 is 17.1 Å². The molecule has 0 spiro atoms. The van der Waals surface area contributed by atoms with Crippen LogP contribution in [0.3, 0.4) is 0 Å². The normalized spacial score (nSPS) is 14.6. The molecule has 1 aliphatic carbocycles. The van der Waals surface area contributed by atoms with E-state index in [2.05, 4.69) is 10.3 Å². The minimum Gasteiger partial charge on any atom is -0.344 e. The van der Waals surface area contributed by atoms with E-state index >= 15 is 0 Å². The standard InChI is InChI=1S/C19H20FN3O2/c1-23(13-8-14-6-11-21-12-7-14)18(25)19(9-10-19)17(24)22-16-5-3-2-4-15(16)20/h2-7,11-12H,8-10,13H2,1H3,(H,22,24). The second kappa shape index (κ2) is 7.01. The maximum Gasteiger partial charge on any atom is 0.240 e.